The van der Waals surface area contributed by atoms with Gasteiger partial charge in [0.05, 0.1) is 13.2 Å². The first-order valence-corrected chi connectivity index (χ1v) is 7.90. The van der Waals surface area contributed by atoms with Crippen molar-refractivity contribution in [2.45, 2.75) is 32.5 Å². The number of hydrogen-bond acceptors (Lipinski definition) is 5. The summed E-state index contributed by atoms with van der Waals surface area (Å²) in [7, 11) is -3.47. The Balaban J connectivity index is 3.03. The predicted octanol–water partition coefficient (Wildman–Crippen LogP) is 3.19. The summed E-state index contributed by atoms with van der Waals surface area (Å²) < 4.78 is 23.4. The van der Waals surface area contributed by atoms with E-state index < -0.39 is 12.9 Å². The maximum absolute atomic E-state index is 12.8. The predicted molar refractivity (Wildman–Crippen MR) is 74.3 cm³/mol. The van der Waals surface area contributed by atoms with Gasteiger partial charge in [-0.15, -0.1) is 0 Å². The monoisotopic (exact) mass is 287 g/mol. The van der Waals surface area contributed by atoms with E-state index >= 15 is 0 Å². The van der Waals surface area contributed by atoms with Gasteiger partial charge in [0, 0.05) is 6.42 Å². The lowest BCUT2D eigenvalue weighted by atomic mass is 10.1. The van der Waals surface area contributed by atoms with E-state index in [0.717, 1.165) is 5.56 Å². The molecule has 1 aromatic carbocycles. The van der Waals surface area contributed by atoms with Crippen LogP contribution in [0.3, 0.4) is 0 Å². The van der Waals surface area contributed by atoms with Crippen LogP contribution in [0.25, 0.3) is 0 Å². The largest absolute Gasteiger partial charge is 0.352 e. The highest BCUT2D eigenvalue weighted by Crippen LogP contribution is 2.59. The SMILES string of the molecule is CCOP(=O)(OCC)C(C)(Cc1ccccc1)NO. The van der Waals surface area contributed by atoms with E-state index in [1.807, 2.05) is 30.3 Å². The standard InChI is InChI=1S/C13H22NO4P/c1-4-17-19(16,18-5-2)13(3,14-15)11-12-9-7-6-8-10-12/h6-10,14-15H,4-5,11H2,1-3H3. The first-order valence-electron chi connectivity index (χ1n) is 6.35. The smallest absolute Gasteiger partial charge is 0.316 e. The molecule has 2 N–H and O–H groups in total. The van der Waals surface area contributed by atoms with Crippen molar-refractivity contribution in [3.8, 4) is 0 Å². The lowest BCUT2D eigenvalue weighted by Crippen LogP contribution is -2.43. The van der Waals surface area contributed by atoms with E-state index in [1.165, 1.54) is 0 Å². The van der Waals surface area contributed by atoms with Gasteiger partial charge in [0.1, 0.15) is 5.28 Å². The second-order valence-electron chi connectivity index (χ2n) is 4.38. The third kappa shape index (κ3) is 3.88. The van der Waals surface area contributed by atoms with Gasteiger partial charge in [-0.3, -0.25) is 4.57 Å². The maximum atomic E-state index is 12.8. The maximum Gasteiger partial charge on any atom is 0.352 e. The van der Waals surface area contributed by atoms with E-state index in [1.54, 1.807) is 20.8 Å². The quantitative estimate of drug-likeness (QED) is 0.567. The van der Waals surface area contributed by atoms with Crippen LogP contribution in [0.15, 0.2) is 30.3 Å². The van der Waals surface area contributed by atoms with Gasteiger partial charge in [-0.2, -0.15) is 5.48 Å². The lowest BCUT2D eigenvalue weighted by Gasteiger charge is -2.34. The van der Waals surface area contributed by atoms with E-state index in [4.69, 9.17) is 9.05 Å². The summed E-state index contributed by atoms with van der Waals surface area (Å²) in [5.74, 6) is 0. The summed E-state index contributed by atoms with van der Waals surface area (Å²) in [5.41, 5.74) is 3.06. The minimum absolute atomic E-state index is 0.253. The molecule has 0 aromatic heterocycles. The second kappa shape index (κ2) is 7.17. The summed E-state index contributed by atoms with van der Waals surface area (Å²) in [5, 5.41) is 8.27. The Kier molecular flexibility index (Phi) is 6.17. The fraction of sp³-hybridized carbons (Fsp3) is 0.538. The van der Waals surface area contributed by atoms with Crippen LogP contribution in [0.2, 0.25) is 0 Å². The van der Waals surface area contributed by atoms with E-state index in [-0.39, 0.29) is 13.2 Å². The molecule has 19 heavy (non-hydrogen) atoms. The molecule has 0 radical (unpaired) electrons. The highest BCUT2D eigenvalue weighted by Gasteiger charge is 2.47. The third-order valence-electron chi connectivity index (χ3n) is 2.83. The Morgan fingerprint density at radius 3 is 2.16 bits per heavy atom. The summed E-state index contributed by atoms with van der Waals surface area (Å²) in [4.78, 5) is 0. The topological polar surface area (TPSA) is 67.8 Å². The van der Waals surface area contributed by atoms with Crippen molar-refractivity contribution in [2.75, 3.05) is 13.2 Å². The Labute approximate surface area is 114 Å². The molecule has 1 atom stereocenters. The highest BCUT2D eigenvalue weighted by molar-refractivity contribution is 7.55. The molecule has 0 amide bonds. The normalized spacial score (nSPS) is 15.2. The highest BCUT2D eigenvalue weighted by atomic mass is 31.2. The van der Waals surface area contributed by atoms with Gasteiger partial charge >= 0.3 is 7.60 Å². The summed E-state index contributed by atoms with van der Waals surface area (Å²) >= 11 is 0. The molecule has 1 aromatic rings. The molecule has 0 saturated heterocycles. The zero-order chi connectivity index (χ0) is 14.4. The van der Waals surface area contributed by atoms with Gasteiger partial charge in [0.2, 0.25) is 0 Å². The molecule has 0 spiro atoms. The molecule has 0 fully saturated rings. The van der Waals surface area contributed by atoms with Crippen LogP contribution in [-0.4, -0.2) is 23.7 Å². The fourth-order valence-electron chi connectivity index (χ4n) is 1.85. The van der Waals surface area contributed by atoms with Crippen LogP contribution < -0.4 is 5.48 Å². The molecular formula is C13H22NO4P. The van der Waals surface area contributed by atoms with Crippen molar-refractivity contribution in [1.29, 1.82) is 0 Å². The molecule has 0 aliphatic heterocycles. The van der Waals surface area contributed by atoms with Crippen LogP contribution in [0, 0.1) is 0 Å². The first kappa shape index (κ1) is 16.3. The molecule has 0 aliphatic rings. The Morgan fingerprint density at radius 1 is 1.21 bits per heavy atom. The second-order valence-corrected chi connectivity index (χ2v) is 6.88. The van der Waals surface area contributed by atoms with Crippen molar-refractivity contribution in [1.82, 2.24) is 5.48 Å². The molecule has 0 heterocycles. The van der Waals surface area contributed by atoms with Gasteiger partial charge in [-0.05, 0) is 26.3 Å². The third-order valence-corrected chi connectivity index (χ3v) is 5.50. The van der Waals surface area contributed by atoms with Gasteiger partial charge < -0.3 is 14.3 Å². The number of hydroxylamine groups is 1. The van der Waals surface area contributed by atoms with Gasteiger partial charge in [-0.1, -0.05) is 30.3 Å². The fourth-order valence-corrected chi connectivity index (χ4v) is 3.68. The summed E-state index contributed by atoms with van der Waals surface area (Å²) in [6.07, 6.45) is 0.335. The van der Waals surface area contributed by atoms with E-state index in [9.17, 15) is 9.77 Å². The molecule has 1 unspecified atom stereocenters. The van der Waals surface area contributed by atoms with Crippen molar-refractivity contribution in [3.63, 3.8) is 0 Å². The van der Waals surface area contributed by atoms with Crippen LogP contribution in [0.4, 0.5) is 0 Å². The van der Waals surface area contributed by atoms with Gasteiger partial charge in [-0.25, -0.2) is 0 Å². The van der Waals surface area contributed by atoms with Crippen LogP contribution in [-0.2, 0) is 20.0 Å². The van der Waals surface area contributed by atoms with Gasteiger partial charge in [0.15, 0.2) is 0 Å². The average molecular weight is 287 g/mol. The first-order chi connectivity index (χ1) is 9.01. The summed E-state index contributed by atoms with van der Waals surface area (Å²) in [6, 6.07) is 9.48. The van der Waals surface area contributed by atoms with E-state index in [0.29, 0.717) is 6.42 Å². The Bertz CT molecular complexity index is 416. The Hall–Kier alpha value is -0.710. The molecule has 5 nitrogen and oxygen atoms in total. The molecule has 108 valence electrons. The van der Waals surface area contributed by atoms with Crippen LogP contribution >= 0.6 is 7.60 Å². The molecule has 0 bridgehead atoms. The minimum Gasteiger partial charge on any atom is -0.316 e. The molecular weight excluding hydrogens is 265 g/mol. The zero-order valence-corrected chi connectivity index (χ0v) is 12.5. The molecule has 6 heteroatoms. The number of hydrogen-bond donors (Lipinski definition) is 2. The Morgan fingerprint density at radius 2 is 1.74 bits per heavy atom. The zero-order valence-electron chi connectivity index (χ0n) is 11.6. The molecule has 0 saturated carbocycles. The number of nitrogens with one attached hydrogen (secondary N) is 1. The molecule has 0 aliphatic carbocycles. The van der Waals surface area contributed by atoms with Crippen LogP contribution in [0.1, 0.15) is 26.3 Å². The lowest BCUT2D eigenvalue weighted by molar-refractivity contribution is 0.0827. The number of benzene rings is 1. The van der Waals surface area contributed by atoms with Crippen molar-refractivity contribution < 1.29 is 18.8 Å². The van der Waals surface area contributed by atoms with Gasteiger partial charge in [0.25, 0.3) is 0 Å². The minimum atomic E-state index is -3.47. The molecule has 1 rings (SSSR count). The van der Waals surface area contributed by atoms with Crippen LogP contribution in [0.5, 0.6) is 0 Å². The average Bonchev–Trinajstić information content (AvgIpc) is 2.40. The van der Waals surface area contributed by atoms with Crippen molar-refractivity contribution >= 4 is 7.60 Å². The van der Waals surface area contributed by atoms with E-state index in [2.05, 4.69) is 5.48 Å². The number of rotatable bonds is 8. The van der Waals surface area contributed by atoms with Crippen molar-refractivity contribution in [2.24, 2.45) is 0 Å². The summed E-state index contributed by atoms with van der Waals surface area (Å²) in [6.45, 7) is 5.62. The van der Waals surface area contributed by atoms with Crippen molar-refractivity contribution in [3.05, 3.63) is 35.9 Å².